The topological polar surface area (TPSA) is 29.1 Å². The molecule has 0 aromatic heterocycles. The summed E-state index contributed by atoms with van der Waals surface area (Å²) in [5.41, 5.74) is 3.33. The number of hydrogen-bond donors (Lipinski definition) is 1. The number of Topliss-reactive ketones (excluding diaryl/α,β-unsaturated/α-hetero) is 1. The van der Waals surface area contributed by atoms with Crippen LogP contribution in [-0.2, 0) is 6.42 Å². The van der Waals surface area contributed by atoms with Gasteiger partial charge in [0.2, 0.25) is 0 Å². The summed E-state index contributed by atoms with van der Waals surface area (Å²) in [6.45, 7) is 0. The Morgan fingerprint density at radius 3 is 2.27 bits per heavy atom. The first-order chi connectivity index (χ1) is 12.8. The van der Waals surface area contributed by atoms with Crippen LogP contribution in [0, 0.1) is 0 Å². The van der Waals surface area contributed by atoms with Gasteiger partial charge in [-0.2, -0.15) is 0 Å². The molecule has 2 unspecified atom stereocenters. The zero-order valence-corrected chi connectivity index (χ0v) is 15.5. The highest BCUT2D eigenvalue weighted by Crippen LogP contribution is 2.41. The fraction of sp³-hybridized carbons (Fsp3) is 0.458. The van der Waals surface area contributed by atoms with E-state index in [4.69, 9.17) is 0 Å². The van der Waals surface area contributed by atoms with E-state index < -0.39 is 0 Å². The van der Waals surface area contributed by atoms with Gasteiger partial charge in [0.1, 0.15) is 0 Å². The van der Waals surface area contributed by atoms with E-state index in [9.17, 15) is 4.79 Å². The van der Waals surface area contributed by atoms with E-state index in [1.54, 1.807) is 0 Å². The monoisotopic (exact) mass is 347 g/mol. The van der Waals surface area contributed by atoms with E-state index in [0.717, 1.165) is 17.2 Å². The summed E-state index contributed by atoms with van der Waals surface area (Å²) in [4.78, 5) is 12.3. The molecule has 2 nitrogen and oxygen atoms in total. The lowest BCUT2D eigenvalue weighted by atomic mass is 10.0. The second-order valence-electron chi connectivity index (χ2n) is 8.01. The van der Waals surface area contributed by atoms with E-state index in [1.165, 1.54) is 50.5 Å². The third-order valence-electron chi connectivity index (χ3n) is 5.96. The fourth-order valence-corrected chi connectivity index (χ4v) is 4.29. The van der Waals surface area contributed by atoms with Crippen LogP contribution in [0.1, 0.15) is 72.3 Å². The zero-order valence-electron chi connectivity index (χ0n) is 15.5. The first-order valence-corrected chi connectivity index (χ1v) is 10.2. The molecule has 0 spiro atoms. The molecule has 0 bridgehead atoms. The maximum atomic E-state index is 12.3. The van der Waals surface area contributed by atoms with Gasteiger partial charge in [-0.25, -0.2) is 0 Å². The van der Waals surface area contributed by atoms with Crippen molar-refractivity contribution in [2.75, 3.05) is 0 Å². The highest BCUT2D eigenvalue weighted by atomic mass is 16.1. The average Bonchev–Trinajstić information content (AvgIpc) is 3.48. The molecule has 2 atom stereocenters. The minimum Gasteiger partial charge on any atom is -0.311 e. The van der Waals surface area contributed by atoms with Crippen molar-refractivity contribution >= 4 is 5.78 Å². The van der Waals surface area contributed by atoms with Crippen molar-refractivity contribution in [1.29, 1.82) is 0 Å². The van der Waals surface area contributed by atoms with E-state index in [2.05, 4.69) is 29.6 Å². The van der Waals surface area contributed by atoms with Gasteiger partial charge in [-0.3, -0.25) is 4.79 Å². The largest absolute Gasteiger partial charge is 0.311 e. The third kappa shape index (κ3) is 4.42. The molecule has 136 valence electrons. The Morgan fingerprint density at radius 2 is 1.58 bits per heavy atom. The summed E-state index contributed by atoms with van der Waals surface area (Å²) in [6, 6.07) is 19.7. The van der Waals surface area contributed by atoms with Crippen LogP contribution in [0.5, 0.6) is 0 Å². The molecule has 2 fully saturated rings. The van der Waals surface area contributed by atoms with Gasteiger partial charge in [-0.05, 0) is 30.4 Å². The van der Waals surface area contributed by atoms with Crippen LogP contribution >= 0.6 is 0 Å². The second-order valence-corrected chi connectivity index (χ2v) is 8.01. The molecule has 2 aromatic carbocycles. The summed E-state index contributed by atoms with van der Waals surface area (Å²) in [6.07, 6.45) is 10.0. The van der Waals surface area contributed by atoms with Crippen LogP contribution in [-0.4, -0.2) is 17.9 Å². The van der Waals surface area contributed by atoms with Gasteiger partial charge in [0.15, 0.2) is 5.78 Å². The Labute approximate surface area is 157 Å². The van der Waals surface area contributed by atoms with E-state index in [-0.39, 0.29) is 5.78 Å². The number of rotatable bonds is 6. The molecule has 0 amide bonds. The summed E-state index contributed by atoms with van der Waals surface area (Å²) >= 11 is 0. The highest BCUT2D eigenvalue weighted by Gasteiger charge is 2.39. The van der Waals surface area contributed by atoms with Crippen molar-refractivity contribution in [2.45, 2.75) is 69.4 Å². The highest BCUT2D eigenvalue weighted by molar-refractivity contribution is 5.97. The second kappa shape index (κ2) is 8.18. The van der Waals surface area contributed by atoms with Crippen LogP contribution in [0.3, 0.4) is 0 Å². The number of hydrogen-bond acceptors (Lipinski definition) is 2. The first kappa shape index (κ1) is 17.5. The van der Waals surface area contributed by atoms with Crippen molar-refractivity contribution in [3.8, 4) is 0 Å². The third-order valence-corrected chi connectivity index (χ3v) is 5.96. The Kier molecular flexibility index (Phi) is 5.50. The zero-order chi connectivity index (χ0) is 17.8. The first-order valence-electron chi connectivity index (χ1n) is 10.2. The molecule has 2 saturated carbocycles. The molecule has 1 N–H and O–H groups in total. The minimum atomic E-state index is 0.192. The fourth-order valence-electron chi connectivity index (χ4n) is 4.29. The molecule has 0 saturated heterocycles. The number of carbonyl (C=O) groups is 1. The predicted octanol–water partition coefficient (Wildman–Crippen LogP) is 5.28. The van der Waals surface area contributed by atoms with Gasteiger partial charge >= 0.3 is 0 Å². The number of nitrogens with one attached hydrogen (secondary N) is 1. The van der Waals surface area contributed by atoms with Crippen molar-refractivity contribution < 1.29 is 4.79 Å². The molecule has 2 aliphatic rings. The normalized spacial score (nSPS) is 23.4. The molecular weight excluding hydrogens is 318 g/mol. The Bertz CT molecular complexity index is 714. The van der Waals surface area contributed by atoms with Crippen LogP contribution in [0.4, 0.5) is 0 Å². The van der Waals surface area contributed by atoms with E-state index >= 15 is 0 Å². The molecule has 0 radical (unpaired) electrons. The van der Waals surface area contributed by atoms with Crippen LogP contribution in [0.25, 0.3) is 0 Å². The minimum absolute atomic E-state index is 0.192. The van der Waals surface area contributed by atoms with Gasteiger partial charge in [-0.1, -0.05) is 80.3 Å². The van der Waals surface area contributed by atoms with Crippen molar-refractivity contribution in [1.82, 2.24) is 5.32 Å². The summed E-state index contributed by atoms with van der Waals surface area (Å²) < 4.78 is 0. The van der Waals surface area contributed by atoms with Gasteiger partial charge in [0, 0.05) is 30.0 Å². The quantitative estimate of drug-likeness (QED) is 0.569. The molecular formula is C24H29NO. The van der Waals surface area contributed by atoms with Gasteiger partial charge in [0.25, 0.3) is 0 Å². The van der Waals surface area contributed by atoms with E-state index in [1.807, 2.05) is 30.3 Å². The molecule has 0 heterocycles. The number of ketones is 1. The Balaban J connectivity index is 1.30. The summed E-state index contributed by atoms with van der Waals surface area (Å²) in [7, 11) is 0. The molecule has 2 heteroatoms. The van der Waals surface area contributed by atoms with Crippen LogP contribution in [0.2, 0.25) is 0 Å². The lowest BCUT2D eigenvalue weighted by molar-refractivity contribution is 0.0993. The lowest BCUT2D eigenvalue weighted by Crippen LogP contribution is -2.31. The van der Waals surface area contributed by atoms with Crippen molar-refractivity contribution in [3.05, 3.63) is 71.3 Å². The molecule has 2 aliphatic carbocycles. The average molecular weight is 348 g/mol. The Hall–Kier alpha value is -1.93. The standard InChI is InChI=1S/C24H29NO/c26-24(20-8-4-3-5-9-20)16-18-12-14-19(15-13-18)22-17-23(22)25-21-10-6-1-2-7-11-21/h3-5,8-9,12-15,21-23,25H,1-2,6-7,10-11,16-17H2. The smallest absolute Gasteiger partial charge is 0.167 e. The maximum absolute atomic E-state index is 12.3. The van der Waals surface area contributed by atoms with Gasteiger partial charge < -0.3 is 5.32 Å². The molecule has 2 aromatic rings. The predicted molar refractivity (Wildman–Crippen MR) is 107 cm³/mol. The lowest BCUT2D eigenvalue weighted by Gasteiger charge is -2.16. The van der Waals surface area contributed by atoms with Crippen LogP contribution < -0.4 is 5.32 Å². The van der Waals surface area contributed by atoms with Crippen molar-refractivity contribution in [3.63, 3.8) is 0 Å². The maximum Gasteiger partial charge on any atom is 0.167 e. The molecule has 4 rings (SSSR count). The van der Waals surface area contributed by atoms with E-state index in [0.29, 0.717) is 18.4 Å². The van der Waals surface area contributed by atoms with Gasteiger partial charge in [-0.15, -0.1) is 0 Å². The number of benzene rings is 2. The summed E-state index contributed by atoms with van der Waals surface area (Å²) in [5, 5.41) is 3.90. The van der Waals surface area contributed by atoms with Crippen LogP contribution in [0.15, 0.2) is 54.6 Å². The van der Waals surface area contributed by atoms with Gasteiger partial charge in [0.05, 0.1) is 0 Å². The van der Waals surface area contributed by atoms with Crippen molar-refractivity contribution in [2.24, 2.45) is 0 Å². The molecule has 0 aliphatic heterocycles. The molecule has 26 heavy (non-hydrogen) atoms. The SMILES string of the molecule is O=C(Cc1ccc(C2CC2NC2CCCCCC2)cc1)c1ccccc1. The summed E-state index contributed by atoms with van der Waals surface area (Å²) in [5.74, 6) is 0.856. The number of carbonyl (C=O) groups excluding carboxylic acids is 1. The Morgan fingerprint density at radius 1 is 0.885 bits per heavy atom.